The Morgan fingerprint density at radius 2 is 2.33 bits per heavy atom. The highest BCUT2D eigenvalue weighted by Gasteiger charge is 2.24. The zero-order chi connectivity index (χ0) is 11.3. The van der Waals surface area contributed by atoms with Crippen LogP contribution in [-0.4, -0.2) is 34.7 Å². The van der Waals surface area contributed by atoms with E-state index in [9.17, 15) is 4.79 Å². The van der Waals surface area contributed by atoms with E-state index in [1.165, 1.54) is 6.42 Å². The van der Waals surface area contributed by atoms with Gasteiger partial charge in [0.15, 0.2) is 0 Å². The van der Waals surface area contributed by atoms with Gasteiger partial charge < -0.3 is 10.4 Å². The quantitative estimate of drug-likeness (QED) is 0.754. The molecule has 0 saturated heterocycles. The van der Waals surface area contributed by atoms with Crippen LogP contribution in [-0.2, 0) is 4.79 Å². The minimum absolute atomic E-state index is 0.0858. The normalized spacial score (nSPS) is 27.7. The summed E-state index contributed by atoms with van der Waals surface area (Å²) in [5.41, 5.74) is 0. The zero-order valence-corrected chi connectivity index (χ0v) is 10.3. The van der Waals surface area contributed by atoms with E-state index in [2.05, 4.69) is 11.6 Å². The van der Waals surface area contributed by atoms with Crippen LogP contribution in [0.1, 0.15) is 39.0 Å². The van der Waals surface area contributed by atoms with E-state index in [0.717, 1.165) is 12.8 Å². The minimum Gasteiger partial charge on any atom is -0.393 e. The molecule has 0 aliphatic heterocycles. The van der Waals surface area contributed by atoms with Gasteiger partial charge in [-0.15, -0.1) is 0 Å². The molecule has 0 aromatic heterocycles. The Balaban J connectivity index is 2.16. The van der Waals surface area contributed by atoms with E-state index < -0.39 is 0 Å². The molecular weight excluding hydrogens is 210 g/mol. The molecule has 0 aromatic carbocycles. The van der Waals surface area contributed by atoms with E-state index in [0.29, 0.717) is 24.1 Å². The average Bonchev–Trinajstić information content (AvgIpc) is 2.62. The first-order valence-corrected chi connectivity index (χ1v) is 6.90. The first-order chi connectivity index (χ1) is 7.11. The van der Waals surface area contributed by atoms with Crippen molar-refractivity contribution in [3.8, 4) is 0 Å². The lowest BCUT2D eigenvalue weighted by Crippen LogP contribution is -2.33. The van der Waals surface area contributed by atoms with Crippen molar-refractivity contribution in [3.63, 3.8) is 0 Å². The van der Waals surface area contributed by atoms with Gasteiger partial charge in [0.25, 0.3) is 0 Å². The number of amides is 1. The van der Waals surface area contributed by atoms with Crippen molar-refractivity contribution in [1.29, 1.82) is 0 Å². The van der Waals surface area contributed by atoms with Crippen LogP contribution in [0.15, 0.2) is 0 Å². The number of rotatable bonds is 5. The Morgan fingerprint density at radius 1 is 1.60 bits per heavy atom. The summed E-state index contributed by atoms with van der Waals surface area (Å²) in [4.78, 5) is 11.5. The molecule has 2 N–H and O–H groups in total. The van der Waals surface area contributed by atoms with Gasteiger partial charge in [0.1, 0.15) is 0 Å². The second kappa shape index (κ2) is 6.38. The lowest BCUT2D eigenvalue weighted by Gasteiger charge is -2.13. The largest absolute Gasteiger partial charge is 0.393 e. The molecule has 1 amide bonds. The standard InChI is InChI=1S/C11H21NO2S/c1-8(13)3-6-11(14)12-9-4-5-10(7-9)15-2/h8-10,13H,3-7H2,1-2H3,(H,12,14). The van der Waals surface area contributed by atoms with Crippen LogP contribution in [0.25, 0.3) is 0 Å². The summed E-state index contributed by atoms with van der Waals surface area (Å²) in [7, 11) is 0. The number of carbonyl (C=O) groups is 1. The fourth-order valence-electron chi connectivity index (χ4n) is 1.93. The maximum Gasteiger partial charge on any atom is 0.220 e. The Bertz CT molecular complexity index is 209. The lowest BCUT2D eigenvalue weighted by molar-refractivity contribution is -0.122. The van der Waals surface area contributed by atoms with Gasteiger partial charge in [-0.1, -0.05) is 0 Å². The number of nitrogens with one attached hydrogen (secondary N) is 1. The van der Waals surface area contributed by atoms with E-state index in [1.807, 2.05) is 11.8 Å². The van der Waals surface area contributed by atoms with Crippen molar-refractivity contribution >= 4 is 17.7 Å². The third-order valence-corrected chi connectivity index (χ3v) is 3.97. The Morgan fingerprint density at radius 3 is 2.87 bits per heavy atom. The fraction of sp³-hybridized carbons (Fsp3) is 0.909. The maximum absolute atomic E-state index is 11.5. The van der Waals surface area contributed by atoms with Crippen LogP contribution >= 0.6 is 11.8 Å². The van der Waals surface area contributed by atoms with Gasteiger partial charge in [0.05, 0.1) is 6.10 Å². The van der Waals surface area contributed by atoms with Crippen LogP contribution in [0.4, 0.5) is 0 Å². The topological polar surface area (TPSA) is 49.3 Å². The third kappa shape index (κ3) is 4.89. The van der Waals surface area contributed by atoms with Crippen molar-refractivity contribution in [1.82, 2.24) is 5.32 Å². The lowest BCUT2D eigenvalue weighted by atomic mass is 10.2. The summed E-state index contributed by atoms with van der Waals surface area (Å²) in [5.74, 6) is 0.0858. The molecular formula is C11H21NO2S. The summed E-state index contributed by atoms with van der Waals surface area (Å²) >= 11 is 1.89. The molecule has 0 aromatic rings. The predicted octanol–water partition coefficient (Wildman–Crippen LogP) is 1.55. The molecule has 1 fully saturated rings. The SMILES string of the molecule is CSC1CCC(NC(=O)CCC(C)O)C1. The van der Waals surface area contributed by atoms with E-state index >= 15 is 0 Å². The second-order valence-corrected chi connectivity index (χ2v) is 5.46. The van der Waals surface area contributed by atoms with Crippen LogP contribution in [0.5, 0.6) is 0 Å². The summed E-state index contributed by atoms with van der Waals surface area (Å²) < 4.78 is 0. The molecule has 3 atom stereocenters. The Kier molecular flexibility index (Phi) is 5.47. The van der Waals surface area contributed by atoms with Crippen LogP contribution in [0.3, 0.4) is 0 Å². The summed E-state index contributed by atoms with van der Waals surface area (Å²) in [5, 5.41) is 12.8. The van der Waals surface area contributed by atoms with Crippen LogP contribution in [0, 0.1) is 0 Å². The summed E-state index contributed by atoms with van der Waals surface area (Å²) in [6.07, 6.45) is 6.17. The summed E-state index contributed by atoms with van der Waals surface area (Å²) in [6, 6.07) is 0.365. The smallest absolute Gasteiger partial charge is 0.220 e. The highest BCUT2D eigenvalue weighted by molar-refractivity contribution is 7.99. The predicted molar refractivity (Wildman–Crippen MR) is 64.0 cm³/mol. The number of aliphatic hydroxyl groups is 1. The summed E-state index contributed by atoms with van der Waals surface area (Å²) in [6.45, 7) is 1.71. The zero-order valence-electron chi connectivity index (χ0n) is 9.53. The van der Waals surface area contributed by atoms with E-state index in [4.69, 9.17) is 5.11 Å². The molecule has 4 heteroatoms. The van der Waals surface area contributed by atoms with Crippen molar-refractivity contribution in [2.24, 2.45) is 0 Å². The van der Waals surface area contributed by atoms with Gasteiger partial charge in [0, 0.05) is 17.7 Å². The van der Waals surface area contributed by atoms with Gasteiger partial charge in [0.2, 0.25) is 5.91 Å². The molecule has 0 radical (unpaired) electrons. The van der Waals surface area contributed by atoms with E-state index in [-0.39, 0.29) is 12.0 Å². The molecule has 1 aliphatic rings. The molecule has 1 saturated carbocycles. The fourth-order valence-corrected chi connectivity index (χ4v) is 2.72. The highest BCUT2D eigenvalue weighted by atomic mass is 32.2. The number of hydrogen-bond acceptors (Lipinski definition) is 3. The van der Waals surface area contributed by atoms with E-state index in [1.54, 1.807) is 6.92 Å². The molecule has 1 aliphatic carbocycles. The number of carbonyl (C=O) groups excluding carboxylic acids is 1. The number of aliphatic hydroxyl groups excluding tert-OH is 1. The second-order valence-electron chi connectivity index (χ2n) is 4.32. The molecule has 3 nitrogen and oxygen atoms in total. The van der Waals surface area contributed by atoms with Crippen molar-refractivity contribution in [2.45, 2.75) is 56.4 Å². The molecule has 0 spiro atoms. The Hall–Kier alpha value is -0.220. The molecule has 3 unspecified atom stereocenters. The van der Waals surface area contributed by atoms with Gasteiger partial charge in [-0.3, -0.25) is 4.79 Å². The number of thioether (sulfide) groups is 1. The van der Waals surface area contributed by atoms with Gasteiger partial charge in [-0.25, -0.2) is 0 Å². The minimum atomic E-state index is -0.377. The molecule has 88 valence electrons. The average molecular weight is 231 g/mol. The third-order valence-electron chi connectivity index (χ3n) is 2.87. The Labute approximate surface area is 96.0 Å². The molecule has 15 heavy (non-hydrogen) atoms. The maximum atomic E-state index is 11.5. The first kappa shape index (κ1) is 12.8. The van der Waals surface area contributed by atoms with Gasteiger partial charge in [-0.2, -0.15) is 11.8 Å². The molecule has 0 heterocycles. The van der Waals surface area contributed by atoms with Crippen molar-refractivity contribution in [3.05, 3.63) is 0 Å². The molecule has 0 bridgehead atoms. The van der Waals surface area contributed by atoms with Crippen LogP contribution in [0.2, 0.25) is 0 Å². The molecule has 1 rings (SSSR count). The van der Waals surface area contributed by atoms with Crippen LogP contribution < -0.4 is 5.32 Å². The monoisotopic (exact) mass is 231 g/mol. The number of hydrogen-bond donors (Lipinski definition) is 2. The van der Waals surface area contributed by atoms with Gasteiger partial charge in [-0.05, 0) is 38.9 Å². The first-order valence-electron chi connectivity index (χ1n) is 5.62. The van der Waals surface area contributed by atoms with Crippen molar-refractivity contribution < 1.29 is 9.90 Å². The van der Waals surface area contributed by atoms with Crippen molar-refractivity contribution in [2.75, 3.05) is 6.26 Å². The highest BCUT2D eigenvalue weighted by Crippen LogP contribution is 2.28. The van der Waals surface area contributed by atoms with Gasteiger partial charge >= 0.3 is 0 Å².